The molecule has 0 amide bonds. The lowest BCUT2D eigenvalue weighted by Crippen LogP contribution is -2.49. The molecule has 2 atom stereocenters. The first-order valence-electron chi connectivity index (χ1n) is 7.38. The second kappa shape index (κ2) is 6.72. The molecule has 0 aromatic carbocycles. The Morgan fingerprint density at radius 3 is 2.82 bits per heavy atom. The highest BCUT2D eigenvalue weighted by atomic mass is 15.2. The molecule has 2 rings (SSSR count). The fourth-order valence-corrected chi connectivity index (χ4v) is 3.19. The third-order valence-electron chi connectivity index (χ3n) is 4.35. The zero-order valence-corrected chi connectivity index (χ0v) is 11.6. The molecule has 3 nitrogen and oxygen atoms in total. The van der Waals surface area contributed by atoms with Gasteiger partial charge in [0.25, 0.3) is 0 Å². The lowest BCUT2D eigenvalue weighted by atomic mass is 10.0. The number of piperidine rings is 1. The molecule has 17 heavy (non-hydrogen) atoms. The van der Waals surface area contributed by atoms with Crippen LogP contribution >= 0.6 is 0 Å². The summed E-state index contributed by atoms with van der Waals surface area (Å²) in [5.74, 6) is 0. The smallest absolute Gasteiger partial charge is 0.0217 e. The van der Waals surface area contributed by atoms with Crippen molar-refractivity contribution in [2.24, 2.45) is 0 Å². The zero-order valence-electron chi connectivity index (χ0n) is 11.6. The molecule has 2 heterocycles. The Labute approximate surface area is 107 Å². The quantitative estimate of drug-likeness (QED) is 0.806. The first-order valence-corrected chi connectivity index (χ1v) is 7.38. The maximum Gasteiger partial charge on any atom is 0.0217 e. The number of rotatable bonds is 3. The summed E-state index contributed by atoms with van der Waals surface area (Å²) in [6.45, 7) is 5.08. The van der Waals surface area contributed by atoms with Gasteiger partial charge in [-0.2, -0.15) is 0 Å². The molecule has 2 fully saturated rings. The first kappa shape index (κ1) is 13.3. The largest absolute Gasteiger partial charge is 0.313 e. The van der Waals surface area contributed by atoms with Crippen molar-refractivity contribution in [1.82, 2.24) is 15.1 Å². The number of hydrogen-bond acceptors (Lipinski definition) is 3. The molecular weight excluding hydrogens is 210 g/mol. The highest BCUT2D eigenvalue weighted by molar-refractivity contribution is 4.82. The van der Waals surface area contributed by atoms with Crippen LogP contribution in [0.3, 0.4) is 0 Å². The van der Waals surface area contributed by atoms with Gasteiger partial charge in [0.2, 0.25) is 0 Å². The van der Waals surface area contributed by atoms with E-state index in [2.05, 4.69) is 29.2 Å². The van der Waals surface area contributed by atoms with Crippen LogP contribution in [0, 0.1) is 0 Å². The van der Waals surface area contributed by atoms with E-state index in [9.17, 15) is 0 Å². The molecule has 0 bridgehead atoms. The van der Waals surface area contributed by atoms with E-state index in [4.69, 9.17) is 0 Å². The molecule has 0 aromatic rings. The summed E-state index contributed by atoms with van der Waals surface area (Å²) in [7, 11) is 4.44. The van der Waals surface area contributed by atoms with Crippen LogP contribution in [0.4, 0.5) is 0 Å². The fraction of sp³-hybridized carbons (Fsp3) is 1.00. The summed E-state index contributed by atoms with van der Waals surface area (Å²) in [5.41, 5.74) is 0. The van der Waals surface area contributed by atoms with Gasteiger partial charge >= 0.3 is 0 Å². The highest BCUT2D eigenvalue weighted by Gasteiger charge is 2.23. The topological polar surface area (TPSA) is 18.5 Å². The van der Waals surface area contributed by atoms with Crippen molar-refractivity contribution >= 4 is 0 Å². The van der Waals surface area contributed by atoms with E-state index >= 15 is 0 Å². The molecule has 3 heteroatoms. The van der Waals surface area contributed by atoms with E-state index in [0.717, 1.165) is 12.1 Å². The first-order chi connectivity index (χ1) is 8.25. The van der Waals surface area contributed by atoms with Gasteiger partial charge in [-0.15, -0.1) is 0 Å². The number of nitrogens with one attached hydrogen (secondary N) is 1. The van der Waals surface area contributed by atoms with Crippen LogP contribution in [0.2, 0.25) is 0 Å². The minimum atomic E-state index is 0.749. The summed E-state index contributed by atoms with van der Waals surface area (Å²) >= 11 is 0. The number of likely N-dealkylation sites (tertiary alicyclic amines) is 1. The minimum absolute atomic E-state index is 0.749. The van der Waals surface area contributed by atoms with Gasteiger partial charge in [0.1, 0.15) is 0 Å². The van der Waals surface area contributed by atoms with Crippen LogP contribution in [0.5, 0.6) is 0 Å². The van der Waals surface area contributed by atoms with E-state index < -0.39 is 0 Å². The molecule has 100 valence electrons. The van der Waals surface area contributed by atoms with Crippen molar-refractivity contribution in [2.45, 2.75) is 50.6 Å². The Hall–Kier alpha value is -0.120. The number of hydrogen-bond donors (Lipinski definition) is 1. The lowest BCUT2D eigenvalue weighted by Gasteiger charge is -2.37. The molecule has 2 saturated heterocycles. The molecule has 1 N–H and O–H groups in total. The van der Waals surface area contributed by atoms with Crippen molar-refractivity contribution in [1.29, 1.82) is 0 Å². The Balaban J connectivity index is 1.77. The maximum absolute atomic E-state index is 3.72. The van der Waals surface area contributed by atoms with E-state index in [-0.39, 0.29) is 0 Å². The third-order valence-corrected chi connectivity index (χ3v) is 4.35. The highest BCUT2D eigenvalue weighted by Crippen LogP contribution is 2.16. The second-order valence-electron chi connectivity index (χ2n) is 6.02. The molecule has 0 aromatic heterocycles. The van der Waals surface area contributed by atoms with E-state index in [0.29, 0.717) is 0 Å². The summed E-state index contributed by atoms with van der Waals surface area (Å²) in [4.78, 5) is 5.07. The van der Waals surface area contributed by atoms with Crippen molar-refractivity contribution in [3.8, 4) is 0 Å². The standard InChI is InChI=1S/C14H29N3/c1-16(2)14-8-6-10-17(12-14)11-13-7-4-3-5-9-15-13/h13-15H,3-12H2,1-2H3. The zero-order chi connectivity index (χ0) is 12.1. The summed E-state index contributed by atoms with van der Waals surface area (Å²) in [5, 5.41) is 3.72. The molecular formula is C14H29N3. The van der Waals surface area contributed by atoms with Crippen LogP contribution in [0.1, 0.15) is 38.5 Å². The van der Waals surface area contributed by atoms with Gasteiger partial charge in [-0.3, -0.25) is 0 Å². The van der Waals surface area contributed by atoms with Gasteiger partial charge in [0.05, 0.1) is 0 Å². The van der Waals surface area contributed by atoms with Crippen LogP contribution in [-0.4, -0.2) is 62.2 Å². The number of likely N-dealkylation sites (N-methyl/N-ethyl adjacent to an activating group) is 1. The Kier molecular flexibility index (Phi) is 5.26. The normalized spacial score (nSPS) is 32.6. The van der Waals surface area contributed by atoms with Gasteiger partial charge in [-0.25, -0.2) is 0 Å². The molecule has 2 aliphatic heterocycles. The average Bonchev–Trinajstić information content (AvgIpc) is 2.58. The van der Waals surface area contributed by atoms with Gasteiger partial charge in [0.15, 0.2) is 0 Å². The summed E-state index contributed by atoms with van der Waals surface area (Å²) in [6, 6.07) is 1.52. The third kappa shape index (κ3) is 4.23. The van der Waals surface area contributed by atoms with E-state index in [1.54, 1.807) is 0 Å². The molecule has 0 saturated carbocycles. The van der Waals surface area contributed by atoms with Gasteiger partial charge < -0.3 is 15.1 Å². The lowest BCUT2D eigenvalue weighted by molar-refractivity contribution is 0.123. The Morgan fingerprint density at radius 1 is 1.12 bits per heavy atom. The SMILES string of the molecule is CN(C)C1CCCN(CC2CCCCCN2)C1. The second-order valence-corrected chi connectivity index (χ2v) is 6.02. The molecule has 2 aliphatic rings. The summed E-state index contributed by atoms with van der Waals surface area (Å²) in [6.07, 6.45) is 8.34. The Bertz CT molecular complexity index is 210. The van der Waals surface area contributed by atoms with Crippen molar-refractivity contribution < 1.29 is 0 Å². The molecule has 0 radical (unpaired) electrons. The van der Waals surface area contributed by atoms with Gasteiger partial charge in [0, 0.05) is 25.2 Å². The monoisotopic (exact) mass is 239 g/mol. The predicted molar refractivity (Wildman–Crippen MR) is 73.4 cm³/mol. The van der Waals surface area contributed by atoms with Gasteiger partial charge in [-0.1, -0.05) is 12.8 Å². The minimum Gasteiger partial charge on any atom is -0.313 e. The fourth-order valence-electron chi connectivity index (χ4n) is 3.19. The maximum atomic E-state index is 3.72. The van der Waals surface area contributed by atoms with Crippen molar-refractivity contribution in [3.05, 3.63) is 0 Å². The van der Waals surface area contributed by atoms with Crippen LogP contribution in [0.25, 0.3) is 0 Å². The molecule has 0 aliphatic carbocycles. The Morgan fingerprint density at radius 2 is 2.00 bits per heavy atom. The predicted octanol–water partition coefficient (Wildman–Crippen LogP) is 1.54. The van der Waals surface area contributed by atoms with Crippen molar-refractivity contribution in [2.75, 3.05) is 40.3 Å². The number of nitrogens with zero attached hydrogens (tertiary/aromatic N) is 2. The molecule has 0 spiro atoms. The van der Waals surface area contributed by atoms with Crippen LogP contribution < -0.4 is 5.32 Å². The van der Waals surface area contributed by atoms with Gasteiger partial charge in [-0.05, 0) is 52.9 Å². The average molecular weight is 239 g/mol. The van der Waals surface area contributed by atoms with Crippen molar-refractivity contribution in [3.63, 3.8) is 0 Å². The van der Waals surface area contributed by atoms with E-state index in [1.807, 2.05) is 0 Å². The van der Waals surface area contributed by atoms with Crippen LogP contribution in [0.15, 0.2) is 0 Å². The summed E-state index contributed by atoms with van der Waals surface area (Å²) < 4.78 is 0. The molecule has 2 unspecified atom stereocenters. The van der Waals surface area contributed by atoms with Crippen LogP contribution in [-0.2, 0) is 0 Å². The van der Waals surface area contributed by atoms with E-state index in [1.165, 1.54) is 64.7 Å².